The summed E-state index contributed by atoms with van der Waals surface area (Å²) in [6, 6.07) is 21.3. The molecule has 0 atom stereocenters. The van der Waals surface area contributed by atoms with Crippen molar-refractivity contribution in [3.05, 3.63) is 91.4 Å². The summed E-state index contributed by atoms with van der Waals surface area (Å²) in [5.41, 5.74) is 2.70. The lowest BCUT2D eigenvalue weighted by molar-refractivity contribution is 0.833. The lowest BCUT2D eigenvalue weighted by Crippen LogP contribution is -2.40. The predicted octanol–water partition coefficient (Wildman–Crippen LogP) is 3.46. The number of imidazole rings is 1. The number of hydrogen-bond donors (Lipinski definition) is 1. The van der Waals surface area contributed by atoms with Crippen molar-refractivity contribution in [2.24, 2.45) is 5.92 Å². The van der Waals surface area contributed by atoms with Gasteiger partial charge in [-0.05, 0) is 5.92 Å². The van der Waals surface area contributed by atoms with Crippen molar-refractivity contribution in [1.29, 1.82) is 0 Å². The fourth-order valence-electron chi connectivity index (χ4n) is 2.28. The van der Waals surface area contributed by atoms with Crippen LogP contribution in [-0.4, -0.2) is 16.7 Å². The highest BCUT2D eigenvalue weighted by Crippen LogP contribution is 1.98. The van der Waals surface area contributed by atoms with Gasteiger partial charge in [0.25, 0.3) is 0 Å². The normalized spacial score (nSPS) is 10.4. The molecule has 3 heteroatoms. The summed E-state index contributed by atoms with van der Waals surface area (Å²) in [5.74, 6) is 2.90. The van der Waals surface area contributed by atoms with Crippen molar-refractivity contribution in [2.45, 2.75) is 13.8 Å². The SMILES string of the molecule is CC(C)C=CB(c1ccccc1)c1ccccc1.c1c[nH]cn1. The van der Waals surface area contributed by atoms with Crippen LogP contribution in [-0.2, 0) is 0 Å². The summed E-state index contributed by atoms with van der Waals surface area (Å²) >= 11 is 0. The average Bonchev–Trinajstić information content (AvgIpc) is 3.17. The number of aromatic nitrogens is 2. The summed E-state index contributed by atoms with van der Waals surface area (Å²) in [5, 5.41) is 0. The maximum absolute atomic E-state index is 3.67. The smallest absolute Gasteiger partial charge is 0.233 e. The molecule has 0 aliphatic rings. The Hall–Kier alpha value is -2.55. The molecule has 0 unspecified atom stereocenters. The zero-order valence-corrected chi connectivity index (χ0v) is 13.8. The first kappa shape index (κ1) is 16.8. The predicted molar refractivity (Wildman–Crippen MR) is 100 cm³/mol. The van der Waals surface area contributed by atoms with E-state index in [4.69, 9.17) is 0 Å². The van der Waals surface area contributed by atoms with Gasteiger partial charge in [0.05, 0.1) is 6.33 Å². The number of rotatable bonds is 4. The summed E-state index contributed by atoms with van der Waals surface area (Å²) in [4.78, 5) is 6.42. The van der Waals surface area contributed by atoms with Crippen LogP contribution in [0.1, 0.15) is 13.8 Å². The van der Waals surface area contributed by atoms with E-state index in [0.717, 1.165) is 0 Å². The molecule has 0 aliphatic heterocycles. The number of H-pyrrole nitrogens is 1. The highest BCUT2D eigenvalue weighted by Gasteiger charge is 2.14. The molecule has 1 aromatic heterocycles. The van der Waals surface area contributed by atoms with Crippen molar-refractivity contribution in [3.8, 4) is 0 Å². The Morgan fingerprint density at radius 2 is 1.48 bits per heavy atom. The van der Waals surface area contributed by atoms with Gasteiger partial charge in [-0.15, -0.1) is 5.98 Å². The van der Waals surface area contributed by atoms with Crippen LogP contribution in [0.4, 0.5) is 0 Å². The van der Waals surface area contributed by atoms with E-state index in [1.54, 1.807) is 18.7 Å². The minimum absolute atomic E-state index is 0.356. The van der Waals surface area contributed by atoms with Gasteiger partial charge in [-0.2, -0.15) is 0 Å². The quantitative estimate of drug-likeness (QED) is 0.735. The van der Waals surface area contributed by atoms with E-state index in [0.29, 0.717) is 12.6 Å². The maximum atomic E-state index is 3.67. The van der Waals surface area contributed by atoms with Crippen molar-refractivity contribution < 1.29 is 0 Å². The number of nitrogens with zero attached hydrogens (tertiary/aromatic N) is 1. The molecule has 0 saturated carbocycles. The Labute approximate surface area is 139 Å². The molecule has 0 amide bonds. The molecule has 1 N–H and O–H groups in total. The van der Waals surface area contributed by atoms with Crippen molar-refractivity contribution in [2.75, 3.05) is 0 Å². The minimum Gasteiger partial charge on any atom is -0.351 e. The van der Waals surface area contributed by atoms with Crippen LogP contribution < -0.4 is 10.9 Å². The third-order valence-electron chi connectivity index (χ3n) is 3.41. The van der Waals surface area contributed by atoms with Gasteiger partial charge in [-0.1, -0.05) is 91.5 Å². The van der Waals surface area contributed by atoms with Gasteiger partial charge >= 0.3 is 0 Å². The van der Waals surface area contributed by atoms with Gasteiger partial charge in [0.2, 0.25) is 6.71 Å². The van der Waals surface area contributed by atoms with Crippen LogP contribution in [0, 0.1) is 5.92 Å². The van der Waals surface area contributed by atoms with Crippen LogP contribution in [0.3, 0.4) is 0 Å². The standard InChI is InChI=1S/C17H19B.C3H4N2/c1-15(2)13-14-18(16-9-5-3-6-10-16)17-11-7-4-8-12-17;1-2-5-3-4-1/h3-15H,1-2H3;1-3H,(H,4,5). The summed E-state index contributed by atoms with van der Waals surface area (Å²) in [6.07, 6.45) is 7.37. The van der Waals surface area contributed by atoms with E-state index in [9.17, 15) is 0 Å². The van der Waals surface area contributed by atoms with Gasteiger partial charge in [0.15, 0.2) is 0 Å². The Morgan fingerprint density at radius 1 is 0.913 bits per heavy atom. The van der Waals surface area contributed by atoms with Gasteiger partial charge < -0.3 is 4.98 Å². The van der Waals surface area contributed by atoms with Gasteiger partial charge in [-0.3, -0.25) is 0 Å². The molecule has 2 aromatic carbocycles. The van der Waals surface area contributed by atoms with Crippen LogP contribution >= 0.6 is 0 Å². The van der Waals surface area contributed by atoms with E-state index in [1.807, 2.05) is 0 Å². The number of hydrogen-bond acceptors (Lipinski definition) is 1. The van der Waals surface area contributed by atoms with E-state index >= 15 is 0 Å². The number of benzene rings is 2. The molecular weight excluding hydrogens is 279 g/mol. The molecule has 0 saturated heterocycles. The highest BCUT2D eigenvalue weighted by molar-refractivity contribution is 6.89. The van der Waals surface area contributed by atoms with Gasteiger partial charge in [0, 0.05) is 12.4 Å². The molecule has 0 spiro atoms. The summed E-state index contributed by atoms with van der Waals surface area (Å²) < 4.78 is 0. The largest absolute Gasteiger partial charge is 0.351 e. The molecule has 23 heavy (non-hydrogen) atoms. The molecule has 0 bridgehead atoms. The zero-order valence-electron chi connectivity index (χ0n) is 13.8. The lowest BCUT2D eigenvalue weighted by atomic mass is 9.40. The van der Waals surface area contributed by atoms with Crippen LogP contribution in [0.25, 0.3) is 0 Å². The maximum Gasteiger partial charge on any atom is 0.233 e. The fourth-order valence-corrected chi connectivity index (χ4v) is 2.28. The molecule has 0 radical (unpaired) electrons. The Kier molecular flexibility index (Phi) is 6.92. The van der Waals surface area contributed by atoms with E-state index in [1.165, 1.54) is 10.9 Å². The van der Waals surface area contributed by atoms with Crippen molar-refractivity contribution in [1.82, 2.24) is 9.97 Å². The third kappa shape index (κ3) is 5.99. The summed E-state index contributed by atoms with van der Waals surface area (Å²) in [7, 11) is 0. The Morgan fingerprint density at radius 3 is 1.83 bits per heavy atom. The molecule has 1 heterocycles. The molecule has 0 fully saturated rings. The topological polar surface area (TPSA) is 28.7 Å². The number of aromatic amines is 1. The highest BCUT2D eigenvalue weighted by atomic mass is 14.8. The monoisotopic (exact) mass is 302 g/mol. The van der Waals surface area contributed by atoms with Crippen molar-refractivity contribution in [3.63, 3.8) is 0 Å². The average molecular weight is 302 g/mol. The summed E-state index contributed by atoms with van der Waals surface area (Å²) in [6.45, 7) is 4.78. The molecule has 3 rings (SSSR count). The van der Waals surface area contributed by atoms with E-state index in [-0.39, 0.29) is 0 Å². The van der Waals surface area contributed by atoms with Gasteiger partial charge in [-0.25, -0.2) is 4.98 Å². The Bertz CT molecular complexity index is 605. The second-order valence-corrected chi connectivity index (χ2v) is 5.69. The fraction of sp³-hybridized carbons (Fsp3) is 0.150. The van der Waals surface area contributed by atoms with E-state index in [2.05, 4.69) is 96.5 Å². The first-order chi connectivity index (χ1) is 11.3. The van der Waals surface area contributed by atoms with Crippen LogP contribution in [0.15, 0.2) is 91.4 Å². The lowest BCUT2D eigenvalue weighted by Gasteiger charge is -2.10. The number of nitrogens with one attached hydrogen (secondary N) is 1. The second kappa shape index (κ2) is 9.47. The minimum atomic E-state index is 0.356. The molecule has 2 nitrogen and oxygen atoms in total. The first-order valence-corrected chi connectivity index (χ1v) is 7.98. The van der Waals surface area contributed by atoms with E-state index < -0.39 is 0 Å². The first-order valence-electron chi connectivity index (χ1n) is 7.98. The Balaban J connectivity index is 0.000000326. The zero-order chi connectivity index (χ0) is 16.3. The number of allylic oxidation sites excluding steroid dienone is 1. The van der Waals surface area contributed by atoms with Crippen LogP contribution in [0.2, 0.25) is 0 Å². The molecule has 3 aromatic rings. The molecular formula is C20H23BN2. The van der Waals surface area contributed by atoms with Crippen LogP contribution in [0.5, 0.6) is 0 Å². The molecule has 116 valence electrons. The molecule has 0 aliphatic carbocycles. The van der Waals surface area contributed by atoms with Gasteiger partial charge in [0.1, 0.15) is 0 Å². The second-order valence-electron chi connectivity index (χ2n) is 5.69. The third-order valence-corrected chi connectivity index (χ3v) is 3.41. The van der Waals surface area contributed by atoms with Crippen molar-refractivity contribution >= 4 is 17.6 Å².